The summed E-state index contributed by atoms with van der Waals surface area (Å²) in [6.07, 6.45) is 6.25. The highest BCUT2D eigenvalue weighted by Crippen LogP contribution is 2.36. The number of hydrogen-bond donors (Lipinski definition) is 0. The molecule has 2 bridgehead atoms. The molecule has 3 heteroatoms. The number of amides is 1. The van der Waals surface area contributed by atoms with Crippen molar-refractivity contribution in [2.45, 2.75) is 64.1 Å². The van der Waals surface area contributed by atoms with E-state index < -0.39 is 5.60 Å². The van der Waals surface area contributed by atoms with Crippen LogP contribution in [0.2, 0.25) is 0 Å². The summed E-state index contributed by atoms with van der Waals surface area (Å²) in [5.41, 5.74) is 2.38. The Bertz CT molecular complexity index is 571. The van der Waals surface area contributed by atoms with Crippen molar-refractivity contribution in [3.05, 3.63) is 47.5 Å². The van der Waals surface area contributed by atoms with E-state index in [9.17, 15) is 4.79 Å². The van der Waals surface area contributed by atoms with Crippen molar-refractivity contribution in [2.75, 3.05) is 0 Å². The molecule has 1 fully saturated rings. The highest BCUT2D eigenvalue weighted by atomic mass is 16.6. The fraction of sp³-hybridized carbons (Fsp3) is 0.526. The number of nitrogens with zero attached hydrogens (tertiary/aromatic N) is 1. The number of ether oxygens (including phenoxy) is 1. The van der Waals surface area contributed by atoms with E-state index in [1.54, 1.807) is 0 Å². The first-order valence-electron chi connectivity index (χ1n) is 8.17. The zero-order valence-electron chi connectivity index (χ0n) is 13.7. The molecule has 1 saturated heterocycles. The molecule has 2 heterocycles. The van der Waals surface area contributed by atoms with Crippen molar-refractivity contribution in [3.63, 3.8) is 0 Å². The van der Waals surface area contributed by atoms with Crippen molar-refractivity contribution in [2.24, 2.45) is 0 Å². The Labute approximate surface area is 133 Å². The lowest BCUT2D eigenvalue weighted by Crippen LogP contribution is -2.45. The molecule has 0 saturated carbocycles. The maximum atomic E-state index is 12.4. The van der Waals surface area contributed by atoms with E-state index in [4.69, 9.17) is 4.74 Å². The van der Waals surface area contributed by atoms with Gasteiger partial charge in [0.15, 0.2) is 0 Å². The van der Waals surface area contributed by atoms with Gasteiger partial charge in [0.05, 0.1) is 6.04 Å². The highest BCUT2D eigenvalue weighted by Gasteiger charge is 2.41. The maximum absolute atomic E-state index is 12.4. The van der Waals surface area contributed by atoms with E-state index in [-0.39, 0.29) is 12.1 Å². The smallest absolute Gasteiger partial charge is 0.411 e. The summed E-state index contributed by atoms with van der Waals surface area (Å²) in [4.78, 5) is 14.4. The molecule has 1 aromatic rings. The third-order valence-electron chi connectivity index (χ3n) is 4.35. The van der Waals surface area contributed by atoms with Crippen molar-refractivity contribution in [1.82, 2.24) is 4.90 Å². The average molecular weight is 299 g/mol. The third-order valence-corrected chi connectivity index (χ3v) is 4.35. The van der Waals surface area contributed by atoms with Gasteiger partial charge >= 0.3 is 6.09 Å². The van der Waals surface area contributed by atoms with E-state index in [0.717, 1.165) is 25.7 Å². The van der Waals surface area contributed by atoms with Gasteiger partial charge in [-0.2, -0.15) is 0 Å². The van der Waals surface area contributed by atoms with E-state index in [1.165, 1.54) is 11.1 Å². The molecule has 0 unspecified atom stereocenters. The summed E-state index contributed by atoms with van der Waals surface area (Å²) < 4.78 is 5.57. The first-order valence-corrected chi connectivity index (χ1v) is 8.17. The van der Waals surface area contributed by atoms with Crippen molar-refractivity contribution in [1.29, 1.82) is 0 Å². The second kappa shape index (κ2) is 5.79. The molecule has 3 rings (SSSR count). The lowest BCUT2D eigenvalue weighted by molar-refractivity contribution is 0.0166. The summed E-state index contributed by atoms with van der Waals surface area (Å²) in [5.74, 6) is 0. The average Bonchev–Trinajstić information content (AvgIpc) is 2.70. The molecule has 2 aliphatic rings. The van der Waals surface area contributed by atoms with Gasteiger partial charge in [0, 0.05) is 6.04 Å². The molecule has 0 radical (unpaired) electrons. The van der Waals surface area contributed by atoms with Gasteiger partial charge in [-0.05, 0) is 52.0 Å². The van der Waals surface area contributed by atoms with Gasteiger partial charge in [-0.25, -0.2) is 4.79 Å². The third kappa shape index (κ3) is 3.34. The molecule has 2 aliphatic heterocycles. The monoisotopic (exact) mass is 299 g/mol. The van der Waals surface area contributed by atoms with E-state index >= 15 is 0 Å². The van der Waals surface area contributed by atoms with Gasteiger partial charge < -0.3 is 4.74 Å². The number of rotatable bonds is 2. The zero-order chi connectivity index (χ0) is 15.7. The fourth-order valence-electron chi connectivity index (χ4n) is 3.51. The largest absolute Gasteiger partial charge is 0.444 e. The Morgan fingerprint density at radius 1 is 1.23 bits per heavy atom. The summed E-state index contributed by atoms with van der Waals surface area (Å²) in [7, 11) is 0. The van der Waals surface area contributed by atoms with Crippen molar-refractivity contribution < 1.29 is 9.53 Å². The van der Waals surface area contributed by atoms with E-state index in [0.29, 0.717) is 6.04 Å². The Morgan fingerprint density at radius 3 is 2.59 bits per heavy atom. The lowest BCUT2D eigenvalue weighted by Gasteiger charge is -2.35. The van der Waals surface area contributed by atoms with E-state index in [1.807, 2.05) is 31.7 Å². The first-order chi connectivity index (χ1) is 10.4. The second-order valence-corrected chi connectivity index (χ2v) is 7.38. The van der Waals surface area contributed by atoms with Gasteiger partial charge in [0.1, 0.15) is 5.60 Å². The fourth-order valence-corrected chi connectivity index (χ4v) is 3.51. The predicted molar refractivity (Wildman–Crippen MR) is 87.7 cm³/mol. The van der Waals surface area contributed by atoms with Gasteiger partial charge in [0.25, 0.3) is 0 Å². The van der Waals surface area contributed by atoms with Crippen LogP contribution in [0.15, 0.2) is 42.0 Å². The van der Waals surface area contributed by atoms with Gasteiger partial charge in [-0.3, -0.25) is 4.90 Å². The number of carbonyl (C=O) groups is 1. The normalized spacial score (nSPS) is 24.1. The molecular formula is C19H25NO2. The van der Waals surface area contributed by atoms with Crippen molar-refractivity contribution >= 4 is 6.09 Å². The Balaban J connectivity index is 1.71. The van der Waals surface area contributed by atoms with Crippen LogP contribution in [0.1, 0.15) is 45.6 Å². The van der Waals surface area contributed by atoms with Crippen LogP contribution < -0.4 is 0 Å². The zero-order valence-corrected chi connectivity index (χ0v) is 13.7. The topological polar surface area (TPSA) is 29.5 Å². The molecule has 1 amide bonds. The van der Waals surface area contributed by atoms with Crippen LogP contribution in [0.5, 0.6) is 0 Å². The minimum Gasteiger partial charge on any atom is -0.444 e. The number of hydrogen-bond acceptors (Lipinski definition) is 2. The standard InChI is InChI=1S/C19H25NO2/c1-19(2,3)22-18(21)20-16-9-10-17(20)13-15(12-16)11-14-7-5-4-6-8-14/h4-8,12,16-17H,9-11,13H2,1-3H3/t16-,17+/m1/s1. The van der Waals surface area contributed by atoms with Crippen LogP contribution in [0.25, 0.3) is 0 Å². The molecule has 1 aromatic carbocycles. The molecule has 0 spiro atoms. The number of benzene rings is 1. The van der Waals surface area contributed by atoms with Crippen LogP contribution in [-0.4, -0.2) is 28.7 Å². The molecule has 22 heavy (non-hydrogen) atoms. The molecule has 118 valence electrons. The minimum atomic E-state index is -0.426. The van der Waals surface area contributed by atoms with Crippen LogP contribution in [0, 0.1) is 0 Å². The van der Waals surface area contributed by atoms with Crippen molar-refractivity contribution in [3.8, 4) is 0 Å². The summed E-state index contributed by atoms with van der Waals surface area (Å²) in [5, 5.41) is 0. The molecular weight excluding hydrogens is 274 g/mol. The van der Waals surface area contributed by atoms with E-state index in [2.05, 4.69) is 30.3 Å². The molecule has 0 aliphatic carbocycles. The molecule has 0 N–H and O–H groups in total. The maximum Gasteiger partial charge on any atom is 0.411 e. The van der Waals surface area contributed by atoms with Gasteiger partial charge in [-0.1, -0.05) is 42.0 Å². The molecule has 2 atom stereocenters. The van der Waals surface area contributed by atoms with Crippen LogP contribution in [-0.2, 0) is 11.2 Å². The van der Waals surface area contributed by atoms with Gasteiger partial charge in [0.2, 0.25) is 0 Å². The minimum absolute atomic E-state index is 0.157. The summed E-state index contributed by atoms with van der Waals surface area (Å²) >= 11 is 0. The second-order valence-electron chi connectivity index (χ2n) is 7.38. The Hall–Kier alpha value is -1.77. The number of fused-ring (bicyclic) bond motifs is 2. The van der Waals surface area contributed by atoms with Crippen LogP contribution >= 0.6 is 0 Å². The van der Waals surface area contributed by atoms with Gasteiger partial charge in [-0.15, -0.1) is 0 Å². The first kappa shape index (κ1) is 15.1. The predicted octanol–water partition coefficient (Wildman–Crippen LogP) is 4.33. The SMILES string of the molecule is CC(C)(C)OC(=O)N1[C@H]2CC[C@@H]1C=C(Cc1ccccc1)C2. The number of carbonyl (C=O) groups excluding carboxylic acids is 1. The highest BCUT2D eigenvalue weighted by molar-refractivity contribution is 5.70. The quantitative estimate of drug-likeness (QED) is 0.761. The Morgan fingerprint density at radius 2 is 1.95 bits per heavy atom. The lowest BCUT2D eigenvalue weighted by atomic mass is 9.95. The van der Waals surface area contributed by atoms with Crippen LogP contribution in [0.3, 0.4) is 0 Å². The molecule has 3 nitrogen and oxygen atoms in total. The molecule has 0 aromatic heterocycles. The van der Waals surface area contributed by atoms with Crippen LogP contribution in [0.4, 0.5) is 4.79 Å². The Kier molecular flexibility index (Phi) is 3.98. The summed E-state index contributed by atoms with van der Waals surface area (Å²) in [6.45, 7) is 5.77. The summed E-state index contributed by atoms with van der Waals surface area (Å²) in [6, 6.07) is 11.1.